The third kappa shape index (κ3) is 34.9. The standard InChI is InChI=1S/C6H18N4.3C3H6NO2/c1-2-10(4-3-7)5-6(8)9;3*1-3(2)4(5)6/h6H,2-5,7-9H2,1H3;3*1-2H3/q;3*-1/p+3. The van der Waals surface area contributed by atoms with Crippen LogP contribution in [-0.2, 0) is 0 Å². The van der Waals surface area contributed by atoms with E-state index in [4.69, 9.17) is 0 Å². The highest BCUT2D eigenvalue weighted by atomic mass is 16.6. The maximum Gasteiger partial charge on any atom is 0.220 e. The Labute approximate surface area is 167 Å². The van der Waals surface area contributed by atoms with Gasteiger partial charge in [-0.3, -0.25) is 35.2 Å². The molecule has 0 aromatic carbocycles. The Morgan fingerprint density at radius 2 is 1.07 bits per heavy atom. The van der Waals surface area contributed by atoms with Gasteiger partial charge < -0.3 is 17.2 Å². The molecule has 0 fully saturated rings. The van der Waals surface area contributed by atoms with Crippen LogP contribution < -0.4 is 17.2 Å². The Morgan fingerprint density at radius 3 is 1.18 bits per heavy atom. The van der Waals surface area contributed by atoms with Crippen molar-refractivity contribution >= 4 is 0 Å². The predicted octanol–water partition coefficient (Wildman–Crippen LogP) is -1.14. The summed E-state index contributed by atoms with van der Waals surface area (Å²) < 4.78 is 0. The molecule has 0 amide bonds. The summed E-state index contributed by atoms with van der Waals surface area (Å²) in [5.74, 6) is 0. The van der Waals surface area contributed by atoms with Crippen LogP contribution in [0.2, 0.25) is 0 Å². The Hall–Kier alpha value is -2.35. The Balaban J connectivity index is -0.000000142. The molecule has 0 saturated heterocycles. The van der Waals surface area contributed by atoms with Crippen LogP contribution in [0.25, 0.3) is 0 Å². The Morgan fingerprint density at radius 1 is 0.821 bits per heavy atom. The molecule has 0 aliphatic rings. The van der Waals surface area contributed by atoms with Gasteiger partial charge in [-0.1, -0.05) is 25.0 Å². The van der Waals surface area contributed by atoms with Crippen LogP contribution in [0.5, 0.6) is 0 Å². The van der Waals surface area contributed by atoms with E-state index < -0.39 is 14.8 Å². The summed E-state index contributed by atoms with van der Waals surface area (Å²) in [5.41, 5.74) is 11.5. The molecule has 0 aromatic heterocycles. The fourth-order valence-corrected chi connectivity index (χ4v) is 0.967. The molecule has 13 nitrogen and oxygen atoms in total. The van der Waals surface area contributed by atoms with Gasteiger partial charge >= 0.3 is 0 Å². The van der Waals surface area contributed by atoms with Gasteiger partial charge in [-0.05, 0) is 6.54 Å². The van der Waals surface area contributed by atoms with Gasteiger partial charge in [0.05, 0.1) is 6.54 Å². The first-order valence-electron chi connectivity index (χ1n) is 8.65. The fraction of sp³-hybridized carbons (Fsp3) is 0.800. The fourth-order valence-electron chi connectivity index (χ4n) is 0.967. The van der Waals surface area contributed by atoms with E-state index in [2.05, 4.69) is 29.0 Å². The SMILES string of the molecule is CCN(CC[NH3+])CC([NH3+])[NH3+].C[C-](C)[N+](=O)[O-].C[C-](C)[N+](=O)[O-].C[C-](C)[N+](=O)[O-]. The van der Waals surface area contributed by atoms with Crippen LogP contribution in [0.4, 0.5) is 0 Å². The van der Waals surface area contributed by atoms with Gasteiger partial charge in [-0.15, -0.1) is 56.3 Å². The average Bonchev–Trinajstić information content (AvgIpc) is 2.55. The molecule has 0 aliphatic carbocycles. The average molecular weight is 414 g/mol. The summed E-state index contributed by atoms with van der Waals surface area (Å²) in [6, 6.07) is 0.694. The number of rotatable bonds is 8. The van der Waals surface area contributed by atoms with Crippen molar-refractivity contribution in [3.05, 3.63) is 48.5 Å². The zero-order valence-electron chi connectivity index (χ0n) is 18.3. The summed E-state index contributed by atoms with van der Waals surface area (Å²) in [7, 11) is 0. The molecule has 0 rings (SSSR count). The summed E-state index contributed by atoms with van der Waals surface area (Å²) in [6.45, 7) is 15.0. The third-order valence-corrected chi connectivity index (χ3v) is 2.53. The lowest BCUT2D eigenvalue weighted by Gasteiger charge is -2.16. The molecule has 0 bridgehead atoms. The van der Waals surface area contributed by atoms with Gasteiger partial charge in [-0.2, -0.15) is 0 Å². The maximum atomic E-state index is 9.47. The zero-order chi connectivity index (χ0) is 23.4. The molecule has 0 aromatic rings. The second-order valence-corrected chi connectivity index (χ2v) is 6.23. The first kappa shape index (κ1) is 33.3. The molecule has 0 atom stereocenters. The van der Waals surface area contributed by atoms with Gasteiger partial charge in [0.1, 0.15) is 6.54 Å². The van der Waals surface area contributed by atoms with Crippen molar-refractivity contribution in [2.24, 2.45) is 0 Å². The van der Waals surface area contributed by atoms with Crippen molar-refractivity contribution in [3.63, 3.8) is 0 Å². The first-order valence-corrected chi connectivity index (χ1v) is 8.65. The van der Waals surface area contributed by atoms with E-state index in [0.717, 1.165) is 26.2 Å². The van der Waals surface area contributed by atoms with E-state index in [0.29, 0.717) is 0 Å². The van der Waals surface area contributed by atoms with E-state index in [1.54, 1.807) is 0 Å². The molecular formula is C15H39N7O6. The minimum atomic E-state index is -0.417. The third-order valence-electron chi connectivity index (χ3n) is 2.53. The van der Waals surface area contributed by atoms with Gasteiger partial charge in [0.2, 0.25) is 6.17 Å². The molecule has 0 heterocycles. The number of hydrogen-bond donors (Lipinski definition) is 3. The molecule has 0 spiro atoms. The highest BCUT2D eigenvalue weighted by Crippen LogP contribution is 1.92. The maximum absolute atomic E-state index is 9.47. The van der Waals surface area contributed by atoms with E-state index in [9.17, 15) is 30.3 Å². The second-order valence-electron chi connectivity index (χ2n) is 6.23. The summed E-state index contributed by atoms with van der Waals surface area (Å²) in [6.07, 6.45) is 0.284. The van der Waals surface area contributed by atoms with Crippen LogP contribution in [0.3, 0.4) is 0 Å². The van der Waals surface area contributed by atoms with Crippen molar-refractivity contribution in [1.29, 1.82) is 0 Å². The quantitative estimate of drug-likeness (QED) is 0.192. The molecule has 0 radical (unpaired) electrons. The van der Waals surface area contributed by atoms with Crippen LogP contribution >= 0.6 is 0 Å². The summed E-state index contributed by atoms with van der Waals surface area (Å²) in [4.78, 5) is 29.5. The lowest BCUT2D eigenvalue weighted by Crippen LogP contribution is -2.87. The normalized spacial score (nSPS) is 9.00. The van der Waals surface area contributed by atoms with Gasteiger partial charge in [0.25, 0.3) is 0 Å². The van der Waals surface area contributed by atoms with E-state index in [-0.39, 0.29) is 24.3 Å². The molecule has 0 aliphatic heterocycles. The highest BCUT2D eigenvalue weighted by molar-refractivity contribution is 4.56. The zero-order valence-corrected chi connectivity index (χ0v) is 18.3. The Bertz CT molecular complexity index is 364. The largest absolute Gasteiger partial charge is 0.357 e. The minimum Gasteiger partial charge on any atom is -0.357 e. The predicted molar refractivity (Wildman–Crippen MR) is 104 cm³/mol. The molecule has 0 saturated carbocycles. The lowest BCUT2D eigenvalue weighted by molar-refractivity contribution is -0.657. The number of hydrogen-bond acceptors (Lipinski definition) is 7. The highest BCUT2D eigenvalue weighted by Gasteiger charge is 2.08. The number of likely N-dealkylation sites (N-methyl/N-ethyl adjacent to an activating group) is 1. The van der Waals surface area contributed by atoms with E-state index >= 15 is 0 Å². The molecule has 9 N–H and O–H groups in total. The minimum absolute atomic E-state index is 0.231. The summed E-state index contributed by atoms with van der Waals surface area (Å²) >= 11 is 0. The van der Waals surface area contributed by atoms with Crippen LogP contribution in [-0.4, -0.2) is 52.0 Å². The van der Waals surface area contributed by atoms with Gasteiger partial charge in [0, 0.05) is 6.54 Å². The number of nitrogens with zero attached hydrogens (tertiary/aromatic N) is 4. The van der Waals surface area contributed by atoms with E-state index in [1.165, 1.54) is 41.5 Å². The summed E-state index contributed by atoms with van der Waals surface area (Å²) in [5, 5.41) is 28.4. The molecule has 13 heteroatoms. The second kappa shape index (κ2) is 21.0. The Kier molecular flexibility index (Phi) is 24.9. The topological polar surface area (TPSA) is 216 Å². The van der Waals surface area contributed by atoms with Crippen LogP contribution in [0.15, 0.2) is 0 Å². The lowest BCUT2D eigenvalue weighted by atomic mass is 10.4. The van der Waals surface area contributed by atoms with Crippen LogP contribution in [0.1, 0.15) is 48.5 Å². The van der Waals surface area contributed by atoms with E-state index in [1.807, 2.05) is 0 Å². The molecule has 0 unspecified atom stereocenters. The molecule has 170 valence electrons. The van der Waals surface area contributed by atoms with Crippen molar-refractivity contribution in [3.8, 4) is 0 Å². The van der Waals surface area contributed by atoms with Crippen LogP contribution in [0, 0.1) is 48.5 Å². The monoisotopic (exact) mass is 413 g/mol. The smallest absolute Gasteiger partial charge is 0.220 e. The van der Waals surface area contributed by atoms with Gasteiger partial charge in [-0.25, -0.2) is 0 Å². The molecular weight excluding hydrogens is 374 g/mol. The van der Waals surface area contributed by atoms with Crippen molar-refractivity contribution in [2.75, 3.05) is 26.2 Å². The number of quaternary nitrogens is 3. The van der Waals surface area contributed by atoms with Gasteiger partial charge in [0.15, 0.2) is 0 Å². The van der Waals surface area contributed by atoms with Crippen molar-refractivity contribution < 1.29 is 32.0 Å². The first-order chi connectivity index (χ1) is 12.6. The van der Waals surface area contributed by atoms with Crippen molar-refractivity contribution in [2.45, 2.75) is 54.6 Å². The molecule has 28 heavy (non-hydrogen) atoms. The van der Waals surface area contributed by atoms with Crippen molar-refractivity contribution in [1.82, 2.24) is 4.90 Å². The number of nitro groups is 3.